The number of benzene rings is 1. The van der Waals surface area contributed by atoms with Gasteiger partial charge in [-0.2, -0.15) is 0 Å². The number of rotatable bonds is 8. The van der Waals surface area contributed by atoms with Gasteiger partial charge in [0, 0.05) is 6.54 Å². The van der Waals surface area contributed by atoms with E-state index in [2.05, 4.69) is 0 Å². The zero-order valence-corrected chi connectivity index (χ0v) is 12.4. The molecule has 0 saturated carbocycles. The first-order chi connectivity index (χ1) is 9.88. The van der Waals surface area contributed by atoms with Crippen LogP contribution in [0, 0.1) is 5.92 Å². The van der Waals surface area contributed by atoms with Gasteiger partial charge in [0.2, 0.25) is 0 Å². The maximum atomic E-state index is 11.3. The van der Waals surface area contributed by atoms with E-state index in [0.29, 0.717) is 18.0 Å². The molecule has 0 bridgehead atoms. The van der Waals surface area contributed by atoms with Gasteiger partial charge in [-0.1, -0.05) is 19.1 Å². The van der Waals surface area contributed by atoms with Crippen LogP contribution < -0.4 is 9.64 Å². The number of carboxylic acid groups (broad SMARTS) is 2. The smallest absolute Gasteiger partial charge is 0.326 e. The Kier molecular flexibility index (Phi) is 6.02. The number of carbonyl (C=O) groups is 2. The van der Waals surface area contributed by atoms with E-state index < -0.39 is 23.9 Å². The third-order valence-corrected chi connectivity index (χ3v) is 3.19. The van der Waals surface area contributed by atoms with Gasteiger partial charge in [0.1, 0.15) is 11.8 Å². The van der Waals surface area contributed by atoms with Crippen molar-refractivity contribution in [3.05, 3.63) is 24.3 Å². The minimum absolute atomic E-state index is 0.0902. The lowest BCUT2D eigenvalue weighted by molar-refractivity contribution is -0.142. The second kappa shape index (κ2) is 7.52. The van der Waals surface area contributed by atoms with Crippen molar-refractivity contribution in [1.82, 2.24) is 0 Å². The molecule has 0 saturated heterocycles. The Bertz CT molecular complexity index is 503. The molecule has 21 heavy (non-hydrogen) atoms. The quantitative estimate of drug-likeness (QED) is 0.763. The summed E-state index contributed by atoms with van der Waals surface area (Å²) in [5, 5.41) is 18.3. The molecule has 2 atom stereocenters. The van der Waals surface area contributed by atoms with Gasteiger partial charge >= 0.3 is 11.9 Å². The number of ether oxygens (including phenoxy) is 1. The summed E-state index contributed by atoms with van der Waals surface area (Å²) >= 11 is 0. The third kappa shape index (κ3) is 4.37. The van der Waals surface area contributed by atoms with Crippen molar-refractivity contribution in [1.29, 1.82) is 0 Å². The van der Waals surface area contributed by atoms with E-state index in [1.807, 2.05) is 6.92 Å². The molecule has 0 fully saturated rings. The maximum absolute atomic E-state index is 11.3. The second-order valence-corrected chi connectivity index (χ2v) is 4.81. The summed E-state index contributed by atoms with van der Waals surface area (Å²) < 4.78 is 5.51. The maximum Gasteiger partial charge on any atom is 0.326 e. The summed E-state index contributed by atoms with van der Waals surface area (Å²) in [6, 6.07) is 6.18. The largest absolute Gasteiger partial charge is 0.492 e. The molecule has 1 rings (SSSR count). The molecule has 6 nitrogen and oxygen atoms in total. The Balaban J connectivity index is 3.17. The van der Waals surface area contributed by atoms with E-state index in [4.69, 9.17) is 9.84 Å². The van der Waals surface area contributed by atoms with Gasteiger partial charge in [-0.3, -0.25) is 4.79 Å². The molecule has 2 unspecified atom stereocenters. The zero-order chi connectivity index (χ0) is 16.0. The van der Waals surface area contributed by atoms with Crippen LogP contribution in [0.4, 0.5) is 5.69 Å². The summed E-state index contributed by atoms with van der Waals surface area (Å²) in [6.45, 7) is 5.45. The Morgan fingerprint density at radius 2 is 1.81 bits per heavy atom. The van der Waals surface area contributed by atoms with Crippen LogP contribution in [0.2, 0.25) is 0 Å². The number of aliphatic carboxylic acids is 2. The van der Waals surface area contributed by atoms with Gasteiger partial charge in [-0.25, -0.2) is 4.79 Å². The van der Waals surface area contributed by atoms with Gasteiger partial charge in [-0.05, 0) is 26.0 Å². The molecule has 1 aromatic rings. The van der Waals surface area contributed by atoms with Crippen molar-refractivity contribution in [3.8, 4) is 5.75 Å². The average Bonchev–Trinajstić information content (AvgIpc) is 2.44. The molecule has 0 aliphatic heterocycles. The molecule has 0 amide bonds. The summed E-state index contributed by atoms with van der Waals surface area (Å²) in [6.07, 6.45) is 0. The number of nitrogens with zero attached hydrogens (tertiary/aromatic N) is 1. The number of para-hydroxylation sites is 2. The molecule has 6 heteroatoms. The van der Waals surface area contributed by atoms with Gasteiger partial charge in [0.15, 0.2) is 0 Å². The first-order valence-electron chi connectivity index (χ1n) is 6.82. The Hall–Kier alpha value is -2.24. The fourth-order valence-corrected chi connectivity index (χ4v) is 1.94. The van der Waals surface area contributed by atoms with E-state index in [1.54, 1.807) is 36.1 Å². The Morgan fingerprint density at radius 3 is 2.33 bits per heavy atom. The van der Waals surface area contributed by atoms with Gasteiger partial charge < -0.3 is 19.8 Å². The highest BCUT2D eigenvalue weighted by Gasteiger charge is 2.27. The molecule has 0 aliphatic carbocycles. The average molecular weight is 295 g/mol. The molecule has 0 radical (unpaired) electrons. The van der Waals surface area contributed by atoms with Crippen LogP contribution in [0.1, 0.15) is 20.8 Å². The van der Waals surface area contributed by atoms with Crippen LogP contribution >= 0.6 is 0 Å². The molecular formula is C15H21NO5. The summed E-state index contributed by atoms with van der Waals surface area (Å²) in [4.78, 5) is 23.9. The predicted molar refractivity (Wildman–Crippen MR) is 78.9 cm³/mol. The summed E-state index contributed by atoms with van der Waals surface area (Å²) in [5.41, 5.74) is 0.586. The fraction of sp³-hybridized carbons (Fsp3) is 0.467. The van der Waals surface area contributed by atoms with Crippen LogP contribution in [-0.4, -0.2) is 41.3 Å². The van der Waals surface area contributed by atoms with E-state index in [9.17, 15) is 14.7 Å². The highest BCUT2D eigenvalue weighted by Crippen LogP contribution is 2.30. The first-order valence-corrected chi connectivity index (χ1v) is 6.82. The van der Waals surface area contributed by atoms with Gasteiger partial charge in [0.05, 0.1) is 18.2 Å². The van der Waals surface area contributed by atoms with Crippen molar-refractivity contribution >= 4 is 17.6 Å². The molecule has 0 aromatic heterocycles. The molecule has 2 N–H and O–H groups in total. The van der Waals surface area contributed by atoms with Crippen molar-refractivity contribution in [3.63, 3.8) is 0 Å². The fourth-order valence-electron chi connectivity index (χ4n) is 1.94. The van der Waals surface area contributed by atoms with Crippen molar-refractivity contribution in [2.75, 3.05) is 18.1 Å². The Morgan fingerprint density at radius 1 is 1.19 bits per heavy atom. The van der Waals surface area contributed by atoms with Crippen LogP contribution in [-0.2, 0) is 9.59 Å². The van der Waals surface area contributed by atoms with E-state index >= 15 is 0 Å². The third-order valence-electron chi connectivity index (χ3n) is 3.19. The normalized spacial score (nSPS) is 13.3. The topological polar surface area (TPSA) is 87.1 Å². The molecule has 0 spiro atoms. The number of carboxylic acids is 2. The highest BCUT2D eigenvalue weighted by atomic mass is 16.5. The van der Waals surface area contributed by atoms with E-state index in [-0.39, 0.29) is 6.54 Å². The number of hydrogen-bond acceptors (Lipinski definition) is 4. The van der Waals surface area contributed by atoms with E-state index in [1.165, 1.54) is 6.92 Å². The molecule has 116 valence electrons. The summed E-state index contributed by atoms with van der Waals surface area (Å²) in [7, 11) is 0. The second-order valence-electron chi connectivity index (χ2n) is 4.81. The predicted octanol–water partition coefficient (Wildman–Crippen LogP) is 2.09. The monoisotopic (exact) mass is 295 g/mol. The van der Waals surface area contributed by atoms with E-state index in [0.717, 1.165) is 0 Å². The molecular weight excluding hydrogens is 274 g/mol. The Labute approximate surface area is 124 Å². The van der Waals surface area contributed by atoms with Crippen molar-refractivity contribution < 1.29 is 24.5 Å². The molecule has 0 heterocycles. The van der Waals surface area contributed by atoms with Crippen molar-refractivity contribution in [2.45, 2.75) is 26.8 Å². The van der Waals surface area contributed by atoms with Crippen LogP contribution in [0.3, 0.4) is 0 Å². The highest BCUT2D eigenvalue weighted by molar-refractivity contribution is 5.79. The minimum Gasteiger partial charge on any atom is -0.492 e. The molecule has 0 aliphatic rings. The SMILES string of the molecule is CCOc1ccccc1N(CC(C)C(=O)O)C(C)C(=O)O. The summed E-state index contributed by atoms with van der Waals surface area (Å²) in [5.74, 6) is -2.13. The van der Waals surface area contributed by atoms with Crippen LogP contribution in [0.25, 0.3) is 0 Å². The minimum atomic E-state index is -1.01. The standard InChI is InChI=1S/C15H21NO5/c1-4-21-13-8-6-5-7-12(13)16(11(3)15(19)20)9-10(2)14(17)18/h5-8,10-11H,4,9H2,1-3H3,(H,17,18)(H,19,20). The van der Waals surface area contributed by atoms with Crippen LogP contribution in [0.15, 0.2) is 24.3 Å². The van der Waals surface area contributed by atoms with Crippen LogP contribution in [0.5, 0.6) is 5.75 Å². The number of hydrogen-bond donors (Lipinski definition) is 2. The lowest BCUT2D eigenvalue weighted by atomic mass is 10.1. The molecule has 1 aromatic carbocycles. The lowest BCUT2D eigenvalue weighted by Gasteiger charge is -2.31. The van der Waals surface area contributed by atoms with Crippen molar-refractivity contribution in [2.24, 2.45) is 5.92 Å². The zero-order valence-electron chi connectivity index (χ0n) is 12.4. The van der Waals surface area contributed by atoms with Gasteiger partial charge in [0.25, 0.3) is 0 Å². The first kappa shape index (κ1) is 16.8. The van der Waals surface area contributed by atoms with Gasteiger partial charge in [-0.15, -0.1) is 0 Å². The lowest BCUT2D eigenvalue weighted by Crippen LogP contribution is -2.43. The number of anilines is 1.